The first-order valence-electron chi connectivity index (χ1n) is 9.27. The summed E-state index contributed by atoms with van der Waals surface area (Å²) in [6.45, 7) is 1.46. The van der Waals surface area contributed by atoms with Crippen LogP contribution in [-0.4, -0.2) is 42.2 Å². The summed E-state index contributed by atoms with van der Waals surface area (Å²) in [7, 11) is 1.73. The van der Waals surface area contributed by atoms with Gasteiger partial charge < -0.3 is 14.5 Å². The fourth-order valence-electron chi connectivity index (χ4n) is 3.34. The average molecular weight is 423 g/mol. The summed E-state index contributed by atoms with van der Waals surface area (Å²) >= 11 is 0. The van der Waals surface area contributed by atoms with Crippen molar-refractivity contribution in [2.24, 2.45) is 0 Å². The van der Waals surface area contributed by atoms with Crippen LogP contribution in [0.25, 0.3) is 0 Å². The van der Waals surface area contributed by atoms with Crippen LogP contribution in [0.1, 0.15) is 28.8 Å². The number of rotatable bonds is 6. The number of nitro benzene ring substituents is 1. The van der Waals surface area contributed by atoms with Gasteiger partial charge in [-0.2, -0.15) is 0 Å². The summed E-state index contributed by atoms with van der Waals surface area (Å²) in [5.74, 6) is -0.689. The van der Waals surface area contributed by atoms with E-state index in [-0.39, 0.29) is 22.9 Å². The molecule has 30 heavy (non-hydrogen) atoms. The number of hydrogen-bond donors (Lipinski definition) is 0. The van der Waals surface area contributed by atoms with Crippen LogP contribution in [0.5, 0.6) is 5.75 Å². The molecule has 0 aromatic heterocycles. The third kappa shape index (κ3) is 5.19. The first-order chi connectivity index (χ1) is 14.1. The Morgan fingerprint density at radius 3 is 2.37 bits per heavy atom. The molecule has 0 N–H and O–H groups in total. The van der Waals surface area contributed by atoms with Gasteiger partial charge in [0.15, 0.2) is 0 Å². The highest BCUT2D eigenvalue weighted by Crippen LogP contribution is 2.28. The second kappa shape index (κ2) is 8.60. The zero-order chi connectivity index (χ0) is 21.9. The Hall–Kier alpha value is -3.30. The Morgan fingerprint density at radius 1 is 1.17 bits per heavy atom. The Balaban J connectivity index is 1.78. The Kier molecular flexibility index (Phi) is 6.14. The minimum absolute atomic E-state index is 0.0279. The zero-order valence-corrected chi connectivity index (χ0v) is 16.2. The van der Waals surface area contributed by atoms with Crippen LogP contribution in [-0.2, 0) is 6.54 Å². The van der Waals surface area contributed by atoms with Crippen LogP contribution >= 0.6 is 0 Å². The highest BCUT2D eigenvalue weighted by Gasteiger charge is 2.31. The molecule has 1 fully saturated rings. The molecular weight excluding hydrogens is 403 g/mol. The van der Waals surface area contributed by atoms with E-state index in [1.165, 1.54) is 36.4 Å². The van der Waals surface area contributed by atoms with Crippen LogP contribution < -0.4 is 9.64 Å². The zero-order valence-electron chi connectivity index (χ0n) is 16.2. The molecule has 0 aliphatic carbocycles. The fraction of sp³-hybridized carbons (Fsp3) is 0.350. The molecule has 3 rings (SSSR count). The van der Waals surface area contributed by atoms with Gasteiger partial charge in [-0.05, 0) is 42.7 Å². The molecule has 0 spiro atoms. The number of likely N-dealkylation sites (tertiary alicyclic amines) is 1. The molecule has 1 aliphatic heterocycles. The van der Waals surface area contributed by atoms with Crippen molar-refractivity contribution < 1.29 is 27.6 Å². The van der Waals surface area contributed by atoms with E-state index >= 15 is 0 Å². The molecule has 0 radical (unpaired) electrons. The number of benzene rings is 2. The van der Waals surface area contributed by atoms with Crippen molar-refractivity contribution in [3.63, 3.8) is 0 Å². The molecule has 1 amide bonds. The lowest BCUT2D eigenvalue weighted by molar-refractivity contribution is -0.385. The van der Waals surface area contributed by atoms with E-state index in [1.807, 2.05) is 0 Å². The van der Waals surface area contributed by atoms with Gasteiger partial charge in [-0.15, -0.1) is 13.2 Å². The maximum Gasteiger partial charge on any atom is 0.573 e. The predicted molar refractivity (Wildman–Crippen MR) is 103 cm³/mol. The van der Waals surface area contributed by atoms with Crippen LogP contribution in [0.3, 0.4) is 0 Å². The minimum atomic E-state index is -4.75. The number of nitrogens with zero attached hydrogens (tertiary/aromatic N) is 3. The number of amides is 1. The number of halogens is 3. The third-order valence-corrected chi connectivity index (χ3v) is 4.82. The molecule has 0 unspecified atom stereocenters. The van der Waals surface area contributed by atoms with Crippen LogP contribution in [0, 0.1) is 10.1 Å². The Labute approximate surface area is 170 Å². The number of nitro groups is 1. The maximum atomic E-state index is 12.8. The van der Waals surface area contributed by atoms with E-state index in [4.69, 9.17) is 0 Å². The van der Waals surface area contributed by atoms with Gasteiger partial charge in [-0.3, -0.25) is 14.9 Å². The summed E-state index contributed by atoms with van der Waals surface area (Å²) in [6.07, 6.45) is -3.02. The lowest BCUT2D eigenvalue weighted by atomic mass is 10.1. The SMILES string of the molecule is CN(Cc1ccc(OC(F)(F)F)cc1)c1ccc([N+](=O)[O-])c(C(=O)N2CCCC2)c1. The lowest BCUT2D eigenvalue weighted by Gasteiger charge is -2.21. The molecule has 1 saturated heterocycles. The second-order valence-corrected chi connectivity index (χ2v) is 7.01. The molecule has 2 aromatic rings. The van der Waals surface area contributed by atoms with Gasteiger partial charge >= 0.3 is 6.36 Å². The standard InChI is InChI=1S/C20H20F3N3O4/c1-24(13-14-4-7-16(8-5-14)30-20(21,22)23)15-6-9-18(26(28)29)17(12-15)19(27)25-10-2-3-11-25/h4-9,12H,2-3,10-11,13H2,1H3. The summed E-state index contributed by atoms with van der Waals surface area (Å²) in [5, 5.41) is 11.4. The van der Waals surface area contributed by atoms with Gasteiger partial charge in [0, 0.05) is 38.4 Å². The third-order valence-electron chi connectivity index (χ3n) is 4.82. The van der Waals surface area contributed by atoms with E-state index in [2.05, 4.69) is 4.74 Å². The molecule has 2 aromatic carbocycles. The molecule has 1 aliphatic rings. The number of carbonyl (C=O) groups is 1. The van der Waals surface area contributed by atoms with Crippen molar-refractivity contribution in [2.75, 3.05) is 25.0 Å². The average Bonchev–Trinajstić information content (AvgIpc) is 3.22. The van der Waals surface area contributed by atoms with Crippen molar-refractivity contribution in [1.82, 2.24) is 4.90 Å². The highest BCUT2D eigenvalue weighted by atomic mass is 19.4. The molecule has 0 saturated carbocycles. The van der Waals surface area contributed by atoms with Gasteiger partial charge in [0.25, 0.3) is 11.6 Å². The molecule has 160 valence electrons. The number of carbonyl (C=O) groups excluding carboxylic acids is 1. The van der Waals surface area contributed by atoms with Gasteiger partial charge in [0.05, 0.1) is 4.92 Å². The number of anilines is 1. The quantitative estimate of drug-likeness (QED) is 0.510. The molecule has 10 heteroatoms. The highest BCUT2D eigenvalue weighted by molar-refractivity contribution is 5.99. The predicted octanol–water partition coefficient (Wildman–Crippen LogP) is 4.37. The molecule has 0 bridgehead atoms. The van der Waals surface area contributed by atoms with Crippen molar-refractivity contribution >= 4 is 17.3 Å². The monoisotopic (exact) mass is 423 g/mol. The van der Waals surface area contributed by atoms with Crippen molar-refractivity contribution in [1.29, 1.82) is 0 Å². The Bertz CT molecular complexity index is 926. The van der Waals surface area contributed by atoms with E-state index in [1.54, 1.807) is 22.9 Å². The topological polar surface area (TPSA) is 75.9 Å². The molecular formula is C20H20F3N3O4. The number of hydrogen-bond acceptors (Lipinski definition) is 5. The summed E-state index contributed by atoms with van der Waals surface area (Å²) in [6, 6.07) is 9.76. The van der Waals surface area contributed by atoms with Gasteiger partial charge in [0.1, 0.15) is 11.3 Å². The van der Waals surface area contributed by atoms with Crippen molar-refractivity contribution in [3.8, 4) is 5.75 Å². The van der Waals surface area contributed by atoms with Crippen molar-refractivity contribution in [3.05, 3.63) is 63.7 Å². The van der Waals surface area contributed by atoms with E-state index in [0.29, 0.717) is 30.9 Å². The van der Waals surface area contributed by atoms with Crippen molar-refractivity contribution in [2.45, 2.75) is 25.7 Å². The normalized spacial score (nSPS) is 13.9. The summed E-state index contributed by atoms with van der Waals surface area (Å²) < 4.78 is 40.7. The second-order valence-electron chi connectivity index (χ2n) is 7.01. The van der Waals surface area contributed by atoms with Crippen LogP contribution in [0.15, 0.2) is 42.5 Å². The summed E-state index contributed by atoms with van der Waals surface area (Å²) in [5.41, 5.74) is 1.06. The van der Waals surface area contributed by atoms with E-state index < -0.39 is 11.3 Å². The fourth-order valence-corrected chi connectivity index (χ4v) is 3.34. The van der Waals surface area contributed by atoms with Crippen LogP contribution in [0.2, 0.25) is 0 Å². The maximum absolute atomic E-state index is 12.8. The largest absolute Gasteiger partial charge is 0.573 e. The summed E-state index contributed by atoms with van der Waals surface area (Å²) in [4.78, 5) is 26.9. The molecule has 1 heterocycles. The number of alkyl halides is 3. The molecule has 0 atom stereocenters. The first kappa shape index (κ1) is 21.4. The van der Waals surface area contributed by atoms with Gasteiger partial charge in [0.2, 0.25) is 0 Å². The van der Waals surface area contributed by atoms with Gasteiger partial charge in [-0.1, -0.05) is 12.1 Å². The lowest BCUT2D eigenvalue weighted by Crippen LogP contribution is -2.28. The first-order valence-corrected chi connectivity index (χ1v) is 9.27. The Morgan fingerprint density at radius 2 is 1.80 bits per heavy atom. The smallest absolute Gasteiger partial charge is 0.406 e. The number of ether oxygens (including phenoxy) is 1. The van der Waals surface area contributed by atoms with Crippen LogP contribution in [0.4, 0.5) is 24.5 Å². The van der Waals surface area contributed by atoms with E-state index in [0.717, 1.165) is 12.8 Å². The van der Waals surface area contributed by atoms with Gasteiger partial charge in [-0.25, -0.2) is 0 Å². The van der Waals surface area contributed by atoms with E-state index in [9.17, 15) is 28.1 Å². The molecule has 7 nitrogen and oxygen atoms in total. The minimum Gasteiger partial charge on any atom is -0.406 e.